The van der Waals surface area contributed by atoms with E-state index < -0.39 is 6.10 Å². The summed E-state index contributed by atoms with van der Waals surface area (Å²) in [5, 5.41) is 10.2. The largest absolute Gasteiger partial charge is 0.469 e. The molecule has 1 aromatic rings. The van der Waals surface area contributed by atoms with Crippen molar-refractivity contribution in [2.75, 3.05) is 46.4 Å². The zero-order valence-corrected chi connectivity index (χ0v) is 13.0. The summed E-state index contributed by atoms with van der Waals surface area (Å²) in [6, 6.07) is 3.77. The van der Waals surface area contributed by atoms with Crippen LogP contribution >= 0.6 is 0 Å². The van der Waals surface area contributed by atoms with Crippen molar-refractivity contribution < 1.29 is 19.1 Å². The molecule has 0 aromatic carbocycles. The molecule has 2 heterocycles. The van der Waals surface area contributed by atoms with Gasteiger partial charge >= 0.3 is 0 Å². The first-order valence-electron chi connectivity index (χ1n) is 7.91. The molecule has 122 valence electrons. The van der Waals surface area contributed by atoms with E-state index >= 15 is 0 Å². The summed E-state index contributed by atoms with van der Waals surface area (Å²) in [6.45, 7) is 4.09. The van der Waals surface area contributed by atoms with Gasteiger partial charge in [0, 0.05) is 45.1 Å². The Morgan fingerprint density at radius 1 is 1.50 bits per heavy atom. The smallest absolute Gasteiger partial charge is 0.226 e. The van der Waals surface area contributed by atoms with E-state index in [4.69, 9.17) is 9.15 Å². The van der Waals surface area contributed by atoms with Crippen molar-refractivity contribution in [1.29, 1.82) is 0 Å². The Morgan fingerprint density at radius 3 is 2.95 bits per heavy atom. The molecule has 0 radical (unpaired) electrons. The first-order chi connectivity index (χ1) is 10.6. The fourth-order valence-corrected chi connectivity index (χ4v) is 3.11. The summed E-state index contributed by atoms with van der Waals surface area (Å²) in [5.41, 5.74) is 0. The van der Waals surface area contributed by atoms with Crippen LogP contribution in [0.15, 0.2) is 22.8 Å². The Hall–Kier alpha value is -1.37. The topological polar surface area (TPSA) is 66.2 Å². The summed E-state index contributed by atoms with van der Waals surface area (Å²) in [6.07, 6.45) is 1.97. The lowest BCUT2D eigenvalue weighted by Gasteiger charge is -2.30. The van der Waals surface area contributed by atoms with Crippen molar-refractivity contribution in [2.24, 2.45) is 5.92 Å². The number of β-amino-alcohol motifs (C(OH)–C–C–N with tert-alkyl or cyclic N) is 1. The Morgan fingerprint density at radius 2 is 2.27 bits per heavy atom. The second-order valence-electron chi connectivity index (χ2n) is 6.25. The first kappa shape index (κ1) is 15.5. The molecule has 1 aliphatic carbocycles. The third-order valence-corrected chi connectivity index (χ3v) is 4.45. The maximum absolute atomic E-state index is 12.4. The molecular weight excluding hydrogens is 284 g/mol. The summed E-state index contributed by atoms with van der Waals surface area (Å²) < 4.78 is 10.7. The molecule has 22 heavy (non-hydrogen) atoms. The normalized spacial score (nSPS) is 26.6. The fraction of sp³-hybridized carbons (Fsp3) is 0.688. The number of carbonyl (C=O) groups excluding carboxylic acids is 1. The number of hydrogen-bond donors (Lipinski definition) is 1. The minimum Gasteiger partial charge on any atom is -0.469 e. The van der Waals surface area contributed by atoms with Gasteiger partial charge in [-0.25, -0.2) is 0 Å². The Kier molecular flexibility index (Phi) is 4.81. The molecule has 3 rings (SSSR count). The Balaban J connectivity index is 1.43. The summed E-state index contributed by atoms with van der Waals surface area (Å²) >= 11 is 0. The highest BCUT2D eigenvalue weighted by Crippen LogP contribution is 2.48. The van der Waals surface area contributed by atoms with Crippen LogP contribution < -0.4 is 0 Å². The lowest BCUT2D eigenvalue weighted by Crippen LogP contribution is -2.45. The highest BCUT2D eigenvalue weighted by molar-refractivity contribution is 5.82. The van der Waals surface area contributed by atoms with Gasteiger partial charge in [-0.15, -0.1) is 0 Å². The van der Waals surface area contributed by atoms with Gasteiger partial charge in [-0.3, -0.25) is 9.69 Å². The van der Waals surface area contributed by atoms with Crippen LogP contribution in [0, 0.1) is 5.92 Å². The van der Waals surface area contributed by atoms with Crippen molar-refractivity contribution in [3.05, 3.63) is 24.2 Å². The molecule has 2 fully saturated rings. The highest BCUT2D eigenvalue weighted by atomic mass is 16.5. The molecular formula is C16H24N2O4. The minimum atomic E-state index is -0.520. The summed E-state index contributed by atoms with van der Waals surface area (Å²) in [4.78, 5) is 16.2. The number of ether oxygens (including phenoxy) is 1. The van der Waals surface area contributed by atoms with Crippen LogP contribution in [0.4, 0.5) is 0 Å². The highest BCUT2D eigenvalue weighted by Gasteiger charge is 2.47. The molecule has 1 aliphatic heterocycles. The number of aliphatic hydroxyl groups excluding tert-OH is 1. The molecule has 0 bridgehead atoms. The van der Waals surface area contributed by atoms with Crippen LogP contribution in [0.2, 0.25) is 0 Å². The number of likely N-dealkylation sites (N-methyl/N-ethyl adjacent to an activating group) is 1. The van der Waals surface area contributed by atoms with Gasteiger partial charge in [0.1, 0.15) is 5.76 Å². The van der Waals surface area contributed by atoms with Gasteiger partial charge in [0.05, 0.1) is 25.6 Å². The van der Waals surface area contributed by atoms with Crippen molar-refractivity contribution >= 4 is 5.91 Å². The van der Waals surface area contributed by atoms with Gasteiger partial charge in [0.2, 0.25) is 5.91 Å². The predicted molar refractivity (Wildman–Crippen MR) is 80.5 cm³/mol. The zero-order valence-electron chi connectivity index (χ0n) is 13.0. The molecule has 1 saturated heterocycles. The molecule has 1 amide bonds. The third-order valence-electron chi connectivity index (χ3n) is 4.45. The summed E-state index contributed by atoms with van der Waals surface area (Å²) in [5.74, 6) is 1.20. The van der Waals surface area contributed by atoms with E-state index in [0.717, 1.165) is 25.3 Å². The van der Waals surface area contributed by atoms with Crippen LogP contribution in [0.1, 0.15) is 18.1 Å². The van der Waals surface area contributed by atoms with E-state index in [1.54, 1.807) is 18.2 Å². The third kappa shape index (κ3) is 3.69. The van der Waals surface area contributed by atoms with Gasteiger partial charge in [-0.1, -0.05) is 0 Å². The summed E-state index contributed by atoms with van der Waals surface area (Å²) in [7, 11) is 1.77. The van der Waals surface area contributed by atoms with E-state index in [-0.39, 0.29) is 17.7 Å². The Labute approximate surface area is 130 Å². The molecule has 6 nitrogen and oxygen atoms in total. The quantitative estimate of drug-likeness (QED) is 0.830. The van der Waals surface area contributed by atoms with Crippen LogP contribution in [-0.4, -0.2) is 73.4 Å². The van der Waals surface area contributed by atoms with Crippen LogP contribution in [-0.2, 0) is 9.53 Å². The SMILES string of the molecule is CN(CC(O)CN1CCOCC1)C(=O)C1CC1c1ccco1. The van der Waals surface area contributed by atoms with Gasteiger partial charge in [0.25, 0.3) is 0 Å². The van der Waals surface area contributed by atoms with Crippen molar-refractivity contribution in [3.8, 4) is 0 Å². The number of rotatable bonds is 6. The fourth-order valence-electron chi connectivity index (χ4n) is 3.11. The molecule has 2 aliphatic rings. The number of nitrogens with zero attached hydrogens (tertiary/aromatic N) is 2. The molecule has 1 aromatic heterocycles. The average molecular weight is 308 g/mol. The Bertz CT molecular complexity index is 484. The second kappa shape index (κ2) is 6.81. The van der Waals surface area contributed by atoms with Crippen molar-refractivity contribution in [1.82, 2.24) is 9.80 Å². The average Bonchev–Trinajstić information content (AvgIpc) is 3.12. The van der Waals surface area contributed by atoms with Crippen molar-refractivity contribution in [2.45, 2.75) is 18.4 Å². The standard InChI is InChI=1S/C16H24N2O4/c1-17(10-12(19)11-18-4-7-21-8-5-18)16(20)14-9-13(14)15-3-2-6-22-15/h2-3,6,12-14,19H,4-5,7-11H2,1H3. The molecule has 6 heteroatoms. The van der Waals surface area contributed by atoms with Gasteiger partial charge < -0.3 is 19.2 Å². The molecule has 1 N–H and O–H groups in total. The van der Waals surface area contributed by atoms with Crippen LogP contribution in [0.3, 0.4) is 0 Å². The van der Waals surface area contributed by atoms with E-state index in [1.165, 1.54) is 0 Å². The van der Waals surface area contributed by atoms with Crippen LogP contribution in [0.5, 0.6) is 0 Å². The van der Waals surface area contributed by atoms with Crippen molar-refractivity contribution in [3.63, 3.8) is 0 Å². The minimum absolute atomic E-state index is 0.00624. The molecule has 3 unspecified atom stereocenters. The van der Waals surface area contributed by atoms with Gasteiger partial charge in [-0.05, 0) is 18.6 Å². The number of amides is 1. The van der Waals surface area contributed by atoms with Gasteiger partial charge in [0.15, 0.2) is 0 Å². The van der Waals surface area contributed by atoms with E-state index in [1.807, 2.05) is 12.1 Å². The van der Waals surface area contributed by atoms with E-state index in [2.05, 4.69) is 4.90 Å². The zero-order chi connectivity index (χ0) is 15.5. The van der Waals surface area contributed by atoms with Gasteiger partial charge in [-0.2, -0.15) is 0 Å². The second-order valence-corrected chi connectivity index (χ2v) is 6.25. The molecule has 3 atom stereocenters. The maximum Gasteiger partial charge on any atom is 0.226 e. The number of carbonyl (C=O) groups is 1. The first-order valence-corrected chi connectivity index (χ1v) is 7.91. The molecule has 1 saturated carbocycles. The number of aliphatic hydroxyl groups is 1. The van der Waals surface area contributed by atoms with E-state index in [9.17, 15) is 9.90 Å². The lowest BCUT2D eigenvalue weighted by atomic mass is 10.2. The lowest BCUT2D eigenvalue weighted by molar-refractivity contribution is -0.132. The maximum atomic E-state index is 12.4. The number of morpholine rings is 1. The monoisotopic (exact) mass is 308 g/mol. The van der Waals surface area contributed by atoms with Crippen LogP contribution in [0.25, 0.3) is 0 Å². The molecule has 0 spiro atoms. The number of furan rings is 1. The van der Waals surface area contributed by atoms with E-state index in [0.29, 0.717) is 26.3 Å². The predicted octanol–water partition coefficient (Wildman–Crippen LogP) is 0.535. The number of hydrogen-bond acceptors (Lipinski definition) is 5.